The maximum Gasteiger partial charge on any atom is 0.393 e. The van der Waals surface area contributed by atoms with E-state index in [9.17, 15) is 18.0 Å². The minimum absolute atomic E-state index is 0.0825. The minimum Gasteiger partial charge on any atom is -0.481 e. The number of alkyl halides is 3. The lowest BCUT2D eigenvalue weighted by Crippen LogP contribution is -2.33. The van der Waals surface area contributed by atoms with Gasteiger partial charge in [0.25, 0.3) is 0 Å². The number of halogens is 4. The Morgan fingerprint density at radius 3 is 2.50 bits per heavy atom. The van der Waals surface area contributed by atoms with E-state index in [0.717, 1.165) is 10.0 Å². The van der Waals surface area contributed by atoms with E-state index in [1.807, 2.05) is 6.07 Å². The third kappa shape index (κ3) is 3.32. The van der Waals surface area contributed by atoms with Gasteiger partial charge in [0.1, 0.15) is 0 Å². The van der Waals surface area contributed by atoms with E-state index >= 15 is 0 Å². The lowest BCUT2D eigenvalue weighted by molar-refractivity contribution is -0.188. The summed E-state index contributed by atoms with van der Waals surface area (Å²) < 4.78 is 39.4. The molecule has 0 amide bonds. The standard InChI is InChI=1S/C13H13BrF3NO2/c14-11-4-2-1-3-8(11)5-18-6-9(12(19)20)10(7-18)13(15,16)17/h1-4,9-10H,5-7H2,(H,19,20)/t9-,10-/m1/s1. The van der Waals surface area contributed by atoms with Gasteiger partial charge in [-0.3, -0.25) is 9.69 Å². The first-order valence-corrected chi connectivity index (χ1v) is 6.83. The van der Waals surface area contributed by atoms with Crippen molar-refractivity contribution in [3.05, 3.63) is 34.3 Å². The number of rotatable bonds is 3. The van der Waals surface area contributed by atoms with Crippen molar-refractivity contribution in [2.45, 2.75) is 12.7 Å². The Hall–Kier alpha value is -1.08. The minimum atomic E-state index is -4.48. The number of benzene rings is 1. The molecule has 1 fully saturated rings. The van der Waals surface area contributed by atoms with Crippen LogP contribution in [0.25, 0.3) is 0 Å². The van der Waals surface area contributed by atoms with E-state index in [0.29, 0.717) is 6.54 Å². The summed E-state index contributed by atoms with van der Waals surface area (Å²) in [4.78, 5) is 12.5. The summed E-state index contributed by atoms with van der Waals surface area (Å²) in [5, 5.41) is 8.95. The van der Waals surface area contributed by atoms with Crippen LogP contribution in [0.5, 0.6) is 0 Å². The van der Waals surface area contributed by atoms with Crippen molar-refractivity contribution in [2.75, 3.05) is 13.1 Å². The van der Waals surface area contributed by atoms with Crippen molar-refractivity contribution in [3.8, 4) is 0 Å². The molecule has 1 saturated heterocycles. The van der Waals surface area contributed by atoms with E-state index < -0.39 is 24.0 Å². The van der Waals surface area contributed by atoms with Gasteiger partial charge in [0, 0.05) is 24.1 Å². The van der Waals surface area contributed by atoms with Gasteiger partial charge in [-0.25, -0.2) is 0 Å². The molecule has 0 radical (unpaired) electrons. The number of hydrogen-bond donors (Lipinski definition) is 1. The van der Waals surface area contributed by atoms with E-state index in [4.69, 9.17) is 5.11 Å². The van der Waals surface area contributed by atoms with Crippen molar-refractivity contribution < 1.29 is 23.1 Å². The molecule has 0 bridgehead atoms. The van der Waals surface area contributed by atoms with Gasteiger partial charge < -0.3 is 5.11 Å². The topological polar surface area (TPSA) is 40.5 Å². The molecule has 7 heteroatoms. The number of carbonyl (C=O) groups is 1. The molecule has 2 atom stereocenters. The van der Waals surface area contributed by atoms with Gasteiger partial charge in [0.2, 0.25) is 0 Å². The summed E-state index contributed by atoms with van der Waals surface area (Å²) in [5.41, 5.74) is 0.847. The van der Waals surface area contributed by atoms with Crippen molar-refractivity contribution in [2.24, 2.45) is 11.8 Å². The zero-order chi connectivity index (χ0) is 14.9. The number of likely N-dealkylation sites (tertiary alicyclic amines) is 1. The van der Waals surface area contributed by atoms with Crippen LogP contribution in [-0.2, 0) is 11.3 Å². The molecule has 0 aromatic heterocycles. The highest BCUT2D eigenvalue weighted by Gasteiger charge is 2.52. The molecular weight excluding hydrogens is 339 g/mol. The van der Waals surface area contributed by atoms with Crippen LogP contribution in [0.1, 0.15) is 5.56 Å². The Morgan fingerprint density at radius 1 is 1.35 bits per heavy atom. The summed E-state index contributed by atoms with van der Waals surface area (Å²) in [7, 11) is 0. The highest BCUT2D eigenvalue weighted by molar-refractivity contribution is 9.10. The van der Waals surface area contributed by atoms with Crippen molar-refractivity contribution >= 4 is 21.9 Å². The normalized spacial score (nSPS) is 24.0. The van der Waals surface area contributed by atoms with Crippen LogP contribution in [0.15, 0.2) is 28.7 Å². The highest BCUT2D eigenvalue weighted by Crippen LogP contribution is 2.38. The fourth-order valence-corrected chi connectivity index (χ4v) is 2.87. The van der Waals surface area contributed by atoms with Crippen molar-refractivity contribution in [1.29, 1.82) is 0 Å². The summed E-state index contributed by atoms with van der Waals surface area (Å²) in [6, 6.07) is 7.23. The molecule has 1 N–H and O–H groups in total. The molecule has 1 aromatic carbocycles. The summed E-state index contributed by atoms with van der Waals surface area (Å²) in [6.45, 7) is -0.0551. The molecule has 0 aliphatic carbocycles. The largest absolute Gasteiger partial charge is 0.481 e. The quantitative estimate of drug-likeness (QED) is 0.909. The first-order chi connectivity index (χ1) is 9.29. The van der Waals surface area contributed by atoms with Gasteiger partial charge in [-0.2, -0.15) is 13.2 Å². The van der Waals surface area contributed by atoms with Crippen LogP contribution in [0.2, 0.25) is 0 Å². The molecule has 1 aliphatic heterocycles. The van der Waals surface area contributed by atoms with Crippen LogP contribution >= 0.6 is 15.9 Å². The Morgan fingerprint density at radius 2 is 2.00 bits per heavy atom. The number of aliphatic carboxylic acids is 1. The first kappa shape index (κ1) is 15.3. The number of carboxylic acid groups (broad SMARTS) is 1. The average molecular weight is 352 g/mol. The van der Waals surface area contributed by atoms with Crippen LogP contribution in [0, 0.1) is 11.8 Å². The average Bonchev–Trinajstić information content (AvgIpc) is 2.76. The van der Waals surface area contributed by atoms with E-state index in [1.165, 1.54) is 4.90 Å². The molecular formula is C13H13BrF3NO2. The van der Waals surface area contributed by atoms with E-state index in [1.54, 1.807) is 18.2 Å². The highest BCUT2D eigenvalue weighted by atomic mass is 79.9. The van der Waals surface area contributed by atoms with Crippen molar-refractivity contribution in [1.82, 2.24) is 4.90 Å². The maximum absolute atomic E-state index is 12.9. The predicted octanol–water partition coefficient (Wildman–Crippen LogP) is 3.14. The molecule has 1 aromatic rings. The van der Waals surface area contributed by atoms with Crippen LogP contribution in [0.4, 0.5) is 13.2 Å². The maximum atomic E-state index is 12.9. The Labute approximate surface area is 122 Å². The molecule has 0 unspecified atom stereocenters. The molecule has 0 saturated carbocycles. The summed E-state index contributed by atoms with van der Waals surface area (Å²) in [5.74, 6) is -4.58. The van der Waals surface area contributed by atoms with Gasteiger partial charge in [0.05, 0.1) is 11.8 Å². The third-order valence-corrected chi connectivity index (χ3v) is 4.26. The second kappa shape index (κ2) is 5.73. The Kier molecular flexibility index (Phi) is 4.39. The molecule has 1 aliphatic rings. The molecule has 1 heterocycles. The predicted molar refractivity (Wildman–Crippen MR) is 70.1 cm³/mol. The third-order valence-electron chi connectivity index (χ3n) is 3.48. The van der Waals surface area contributed by atoms with E-state index in [2.05, 4.69) is 15.9 Å². The fourth-order valence-electron chi connectivity index (χ4n) is 2.46. The second-order valence-electron chi connectivity index (χ2n) is 4.88. The zero-order valence-electron chi connectivity index (χ0n) is 10.4. The number of carboxylic acids is 1. The SMILES string of the molecule is O=C(O)[C@@H]1CN(Cc2ccccc2Br)C[C@H]1C(F)(F)F. The zero-order valence-corrected chi connectivity index (χ0v) is 12.0. The molecule has 20 heavy (non-hydrogen) atoms. The number of hydrogen-bond acceptors (Lipinski definition) is 2. The van der Waals surface area contributed by atoms with Crippen LogP contribution < -0.4 is 0 Å². The first-order valence-electron chi connectivity index (χ1n) is 6.04. The second-order valence-corrected chi connectivity index (χ2v) is 5.73. The van der Waals surface area contributed by atoms with E-state index in [-0.39, 0.29) is 13.1 Å². The lowest BCUT2D eigenvalue weighted by Gasteiger charge is -2.18. The molecule has 110 valence electrons. The van der Waals surface area contributed by atoms with Gasteiger partial charge in [-0.1, -0.05) is 34.1 Å². The fraction of sp³-hybridized carbons (Fsp3) is 0.462. The Balaban J connectivity index is 2.13. The van der Waals surface area contributed by atoms with Crippen LogP contribution in [-0.4, -0.2) is 35.2 Å². The van der Waals surface area contributed by atoms with Gasteiger partial charge >= 0.3 is 12.1 Å². The van der Waals surface area contributed by atoms with Crippen LogP contribution in [0.3, 0.4) is 0 Å². The van der Waals surface area contributed by atoms with Gasteiger partial charge in [0.15, 0.2) is 0 Å². The Bertz CT molecular complexity index is 507. The number of nitrogens with zero attached hydrogens (tertiary/aromatic N) is 1. The van der Waals surface area contributed by atoms with Crippen molar-refractivity contribution in [3.63, 3.8) is 0 Å². The smallest absolute Gasteiger partial charge is 0.393 e. The van der Waals surface area contributed by atoms with Gasteiger partial charge in [-0.15, -0.1) is 0 Å². The van der Waals surface area contributed by atoms with Gasteiger partial charge in [-0.05, 0) is 11.6 Å². The summed E-state index contributed by atoms with van der Waals surface area (Å²) >= 11 is 3.34. The molecule has 2 rings (SSSR count). The summed E-state index contributed by atoms with van der Waals surface area (Å²) in [6.07, 6.45) is -4.48. The molecule has 0 spiro atoms. The molecule has 3 nitrogen and oxygen atoms in total. The monoisotopic (exact) mass is 351 g/mol. The lowest BCUT2D eigenvalue weighted by atomic mass is 9.96.